The molecular weight excluding hydrogens is 376 g/mol. The van der Waals surface area contributed by atoms with Crippen molar-refractivity contribution in [3.8, 4) is 11.3 Å². The minimum atomic E-state index is -4.52. The summed E-state index contributed by atoms with van der Waals surface area (Å²) in [6.07, 6.45) is -0.125. The number of carbonyl (C=O) groups is 1. The molecule has 1 aliphatic rings. The smallest absolute Gasteiger partial charge is 0.327 e. The van der Waals surface area contributed by atoms with Crippen LogP contribution in [0.15, 0.2) is 43.0 Å². The lowest BCUT2D eigenvalue weighted by Gasteiger charge is -2.27. The number of likely N-dealkylation sites (tertiary alicyclic amines) is 1. The molecule has 9 heteroatoms. The number of nitrogens with zero attached hydrogens (tertiary/aromatic N) is 4. The SMILES string of the molecule is O=C(c1cc(-c2cncnc2)nc2ccc(F)cc12)N1CCC[C@@H]1C(F)(F)F. The van der Waals surface area contributed by atoms with Gasteiger partial charge in [-0.3, -0.25) is 4.79 Å². The molecule has 0 radical (unpaired) electrons. The maximum atomic E-state index is 13.8. The van der Waals surface area contributed by atoms with Crippen LogP contribution in [0.4, 0.5) is 17.6 Å². The Morgan fingerprint density at radius 1 is 1.14 bits per heavy atom. The largest absolute Gasteiger partial charge is 0.408 e. The molecule has 0 spiro atoms. The van der Waals surface area contributed by atoms with Crippen molar-refractivity contribution in [1.82, 2.24) is 19.9 Å². The van der Waals surface area contributed by atoms with Gasteiger partial charge in [0.05, 0.1) is 16.8 Å². The van der Waals surface area contributed by atoms with Gasteiger partial charge in [-0.1, -0.05) is 0 Å². The highest BCUT2D eigenvalue weighted by Gasteiger charge is 2.48. The van der Waals surface area contributed by atoms with Crippen LogP contribution in [0.25, 0.3) is 22.2 Å². The second kappa shape index (κ2) is 6.81. The summed E-state index contributed by atoms with van der Waals surface area (Å²) in [4.78, 5) is 26.0. The van der Waals surface area contributed by atoms with Crippen LogP contribution < -0.4 is 0 Å². The number of benzene rings is 1. The van der Waals surface area contributed by atoms with Crippen LogP contribution in [0.5, 0.6) is 0 Å². The molecule has 3 heterocycles. The molecule has 0 unspecified atom stereocenters. The molecule has 144 valence electrons. The molecule has 4 rings (SSSR count). The van der Waals surface area contributed by atoms with Crippen LogP contribution in [-0.4, -0.2) is 44.5 Å². The molecule has 0 aliphatic carbocycles. The third kappa shape index (κ3) is 3.28. The third-order valence-corrected chi connectivity index (χ3v) is 4.75. The van der Waals surface area contributed by atoms with Crippen molar-refractivity contribution in [2.24, 2.45) is 0 Å². The fraction of sp³-hybridized carbons (Fsp3) is 0.263. The second-order valence-corrected chi connectivity index (χ2v) is 6.54. The van der Waals surface area contributed by atoms with E-state index in [9.17, 15) is 22.4 Å². The van der Waals surface area contributed by atoms with E-state index in [1.54, 1.807) is 0 Å². The Morgan fingerprint density at radius 2 is 1.89 bits per heavy atom. The fourth-order valence-corrected chi connectivity index (χ4v) is 3.46. The Morgan fingerprint density at radius 3 is 2.61 bits per heavy atom. The maximum absolute atomic E-state index is 13.8. The van der Waals surface area contributed by atoms with E-state index in [-0.39, 0.29) is 30.3 Å². The van der Waals surface area contributed by atoms with Crippen LogP contribution in [0.1, 0.15) is 23.2 Å². The van der Waals surface area contributed by atoms with Crippen LogP contribution in [0.2, 0.25) is 0 Å². The van der Waals surface area contributed by atoms with Crippen molar-refractivity contribution >= 4 is 16.8 Å². The number of aromatic nitrogens is 3. The van der Waals surface area contributed by atoms with Crippen molar-refractivity contribution in [1.29, 1.82) is 0 Å². The summed E-state index contributed by atoms with van der Waals surface area (Å²) in [7, 11) is 0. The van der Waals surface area contributed by atoms with E-state index in [2.05, 4.69) is 15.0 Å². The Hall–Kier alpha value is -3.10. The molecule has 1 fully saturated rings. The number of halogens is 4. The average molecular weight is 390 g/mol. The van der Waals surface area contributed by atoms with Gasteiger partial charge in [0, 0.05) is 29.9 Å². The Labute approximate surface area is 157 Å². The molecule has 1 aromatic carbocycles. The molecule has 28 heavy (non-hydrogen) atoms. The predicted octanol–water partition coefficient (Wildman–Crippen LogP) is 4.00. The lowest BCUT2D eigenvalue weighted by atomic mass is 10.0. The number of pyridine rings is 1. The van der Waals surface area contributed by atoms with Crippen LogP contribution in [-0.2, 0) is 0 Å². The van der Waals surface area contributed by atoms with E-state index in [1.807, 2.05) is 0 Å². The molecule has 2 aromatic heterocycles. The quantitative estimate of drug-likeness (QED) is 0.621. The first-order valence-electron chi connectivity index (χ1n) is 8.58. The first-order valence-corrected chi connectivity index (χ1v) is 8.58. The highest BCUT2D eigenvalue weighted by Crippen LogP contribution is 2.35. The Kier molecular flexibility index (Phi) is 4.44. The Bertz CT molecular complexity index is 1040. The van der Waals surface area contributed by atoms with E-state index < -0.39 is 23.9 Å². The molecule has 3 aromatic rings. The highest BCUT2D eigenvalue weighted by molar-refractivity contribution is 6.07. The number of hydrogen-bond acceptors (Lipinski definition) is 4. The Balaban J connectivity index is 1.87. The molecule has 5 nitrogen and oxygen atoms in total. The monoisotopic (exact) mass is 390 g/mol. The zero-order valence-corrected chi connectivity index (χ0v) is 14.4. The van der Waals surface area contributed by atoms with E-state index in [4.69, 9.17) is 0 Å². The predicted molar refractivity (Wildman–Crippen MR) is 92.8 cm³/mol. The first kappa shape index (κ1) is 18.3. The van der Waals surface area contributed by atoms with Gasteiger partial charge >= 0.3 is 6.18 Å². The lowest BCUT2D eigenvalue weighted by Crippen LogP contribution is -2.44. The average Bonchev–Trinajstić information content (AvgIpc) is 3.18. The number of fused-ring (bicyclic) bond motifs is 1. The molecular formula is C19H14F4N4O. The molecule has 1 amide bonds. The van der Waals surface area contributed by atoms with Gasteiger partial charge in [-0.25, -0.2) is 19.3 Å². The number of alkyl halides is 3. The van der Waals surface area contributed by atoms with Gasteiger partial charge in [-0.05, 0) is 37.1 Å². The first-order chi connectivity index (χ1) is 13.3. The number of rotatable bonds is 2. The molecule has 0 saturated carbocycles. The van der Waals surface area contributed by atoms with Crippen molar-refractivity contribution in [3.63, 3.8) is 0 Å². The zero-order chi connectivity index (χ0) is 19.9. The lowest BCUT2D eigenvalue weighted by molar-refractivity contribution is -0.169. The number of amides is 1. The van der Waals surface area contributed by atoms with Gasteiger partial charge in [0.15, 0.2) is 0 Å². The zero-order valence-electron chi connectivity index (χ0n) is 14.4. The summed E-state index contributed by atoms with van der Waals surface area (Å²) < 4.78 is 53.8. The van der Waals surface area contributed by atoms with Gasteiger partial charge in [-0.2, -0.15) is 13.2 Å². The van der Waals surface area contributed by atoms with Crippen LogP contribution >= 0.6 is 0 Å². The van der Waals surface area contributed by atoms with Crippen LogP contribution in [0.3, 0.4) is 0 Å². The molecule has 1 aliphatic heterocycles. The van der Waals surface area contributed by atoms with E-state index in [1.165, 1.54) is 36.9 Å². The highest BCUT2D eigenvalue weighted by atomic mass is 19.4. The number of hydrogen-bond donors (Lipinski definition) is 0. The van der Waals surface area contributed by atoms with Gasteiger partial charge in [-0.15, -0.1) is 0 Å². The minimum absolute atomic E-state index is 0.00801. The molecule has 1 atom stereocenters. The maximum Gasteiger partial charge on any atom is 0.408 e. The summed E-state index contributed by atoms with van der Waals surface area (Å²) in [5.74, 6) is -1.40. The van der Waals surface area contributed by atoms with E-state index >= 15 is 0 Å². The standard InChI is InChI=1S/C19H14F4N4O/c20-12-3-4-15-13(6-12)14(7-16(26-15)11-8-24-10-25-9-11)18(28)27-5-1-2-17(27)19(21,22)23/h3-4,6-10,17H,1-2,5H2/t17-/m1/s1. The van der Waals surface area contributed by atoms with Crippen molar-refractivity contribution in [2.45, 2.75) is 25.1 Å². The summed E-state index contributed by atoms with van der Waals surface area (Å²) in [6, 6.07) is 3.21. The van der Waals surface area contributed by atoms with E-state index in [0.29, 0.717) is 16.8 Å². The summed E-state index contributed by atoms with van der Waals surface area (Å²) in [5, 5.41) is 0.165. The topological polar surface area (TPSA) is 59.0 Å². The summed E-state index contributed by atoms with van der Waals surface area (Å²) in [5.41, 5.74) is 1.09. The van der Waals surface area contributed by atoms with Gasteiger partial charge in [0.25, 0.3) is 5.91 Å². The van der Waals surface area contributed by atoms with Crippen molar-refractivity contribution < 1.29 is 22.4 Å². The van der Waals surface area contributed by atoms with E-state index in [0.717, 1.165) is 11.0 Å². The van der Waals surface area contributed by atoms with Gasteiger partial charge < -0.3 is 4.90 Å². The summed E-state index contributed by atoms with van der Waals surface area (Å²) >= 11 is 0. The molecule has 0 bridgehead atoms. The van der Waals surface area contributed by atoms with Crippen molar-refractivity contribution in [2.75, 3.05) is 6.54 Å². The molecule has 1 saturated heterocycles. The van der Waals surface area contributed by atoms with Gasteiger partial charge in [0.2, 0.25) is 0 Å². The summed E-state index contributed by atoms with van der Waals surface area (Å²) in [6.45, 7) is -0.00801. The minimum Gasteiger partial charge on any atom is -0.327 e. The van der Waals surface area contributed by atoms with Gasteiger partial charge in [0.1, 0.15) is 18.2 Å². The molecule has 0 N–H and O–H groups in total. The van der Waals surface area contributed by atoms with Crippen LogP contribution in [0, 0.1) is 5.82 Å². The number of carbonyl (C=O) groups excluding carboxylic acids is 1. The van der Waals surface area contributed by atoms with Crippen molar-refractivity contribution in [3.05, 3.63) is 54.4 Å². The second-order valence-electron chi connectivity index (χ2n) is 6.54. The fourth-order valence-electron chi connectivity index (χ4n) is 3.46. The third-order valence-electron chi connectivity index (χ3n) is 4.75. The normalized spacial score (nSPS) is 17.3.